The minimum Gasteiger partial charge on any atom is -0.492 e. The van der Waals surface area contributed by atoms with Gasteiger partial charge in [0, 0.05) is 0 Å². The number of nitrogens with zero attached hydrogens (tertiary/aromatic N) is 1. The number of benzene rings is 1. The quantitative estimate of drug-likeness (QED) is 0.878. The van der Waals surface area contributed by atoms with Gasteiger partial charge in [-0.15, -0.1) is 0 Å². The van der Waals surface area contributed by atoms with Crippen LogP contribution in [0.25, 0.3) is 0 Å². The highest BCUT2D eigenvalue weighted by Crippen LogP contribution is 2.24. The summed E-state index contributed by atoms with van der Waals surface area (Å²) in [6.07, 6.45) is 2.65. The van der Waals surface area contributed by atoms with Crippen molar-refractivity contribution in [2.24, 2.45) is 0 Å². The van der Waals surface area contributed by atoms with E-state index < -0.39 is 0 Å². The molecule has 1 amide bonds. The molecule has 0 spiro atoms. The molecule has 88 valence electrons. The molecular weight excluding hydrogens is 220 g/mol. The van der Waals surface area contributed by atoms with E-state index in [0.717, 1.165) is 0 Å². The topological polar surface area (TPSA) is 64.4 Å². The summed E-state index contributed by atoms with van der Waals surface area (Å²) in [4.78, 5) is 11.8. The number of nitrogens with one attached hydrogen (secondary N) is 1. The number of amides is 1. The number of anilines is 1. The van der Waals surface area contributed by atoms with Crippen molar-refractivity contribution in [1.29, 1.82) is 0 Å². The molecule has 1 aromatic heterocycles. The Labute approximate surface area is 98.4 Å². The molecule has 0 aliphatic carbocycles. The summed E-state index contributed by atoms with van der Waals surface area (Å²) in [6.45, 7) is 2.43. The predicted molar refractivity (Wildman–Crippen MR) is 62.1 cm³/mol. The Hall–Kier alpha value is -2.30. The number of ether oxygens (including phenoxy) is 1. The lowest BCUT2D eigenvalue weighted by molar-refractivity contribution is 0.102. The molecule has 0 saturated carbocycles. The van der Waals surface area contributed by atoms with Gasteiger partial charge in [-0.25, -0.2) is 0 Å². The van der Waals surface area contributed by atoms with Crippen LogP contribution in [-0.4, -0.2) is 17.7 Å². The molecule has 1 aromatic carbocycles. The average Bonchev–Trinajstić information content (AvgIpc) is 2.85. The molecule has 2 rings (SSSR count). The Kier molecular flexibility index (Phi) is 3.40. The normalized spacial score (nSPS) is 9.94. The smallest absolute Gasteiger partial charge is 0.260 e. The van der Waals surface area contributed by atoms with E-state index in [-0.39, 0.29) is 5.91 Å². The second-order valence-corrected chi connectivity index (χ2v) is 3.30. The van der Waals surface area contributed by atoms with Crippen molar-refractivity contribution in [2.45, 2.75) is 6.92 Å². The lowest BCUT2D eigenvalue weighted by Gasteiger charge is -2.10. The molecule has 0 unspecified atom stereocenters. The number of carbonyl (C=O) groups is 1. The molecule has 0 atom stereocenters. The molecule has 0 saturated heterocycles. The van der Waals surface area contributed by atoms with Crippen LogP contribution in [0.3, 0.4) is 0 Å². The Morgan fingerprint density at radius 3 is 3.00 bits per heavy atom. The van der Waals surface area contributed by atoms with E-state index in [1.165, 1.54) is 12.5 Å². The van der Waals surface area contributed by atoms with E-state index in [1.54, 1.807) is 12.1 Å². The fraction of sp³-hybridized carbons (Fsp3) is 0.167. The van der Waals surface area contributed by atoms with Crippen LogP contribution in [0.4, 0.5) is 5.69 Å². The van der Waals surface area contributed by atoms with E-state index >= 15 is 0 Å². The van der Waals surface area contributed by atoms with Crippen molar-refractivity contribution < 1.29 is 14.1 Å². The van der Waals surface area contributed by atoms with Crippen LogP contribution in [0.5, 0.6) is 5.75 Å². The zero-order chi connectivity index (χ0) is 12.1. The van der Waals surface area contributed by atoms with Crippen LogP contribution in [0.2, 0.25) is 0 Å². The van der Waals surface area contributed by atoms with Gasteiger partial charge in [0.15, 0.2) is 0 Å². The predicted octanol–water partition coefficient (Wildman–Crippen LogP) is 2.33. The molecule has 0 bridgehead atoms. The first-order chi connectivity index (χ1) is 8.31. The van der Waals surface area contributed by atoms with Gasteiger partial charge in [-0.3, -0.25) is 4.79 Å². The number of aromatic nitrogens is 1. The Bertz CT molecular complexity index is 494. The van der Waals surface area contributed by atoms with Crippen LogP contribution >= 0.6 is 0 Å². The van der Waals surface area contributed by atoms with Gasteiger partial charge in [0.1, 0.15) is 12.0 Å². The van der Waals surface area contributed by atoms with Crippen molar-refractivity contribution in [3.8, 4) is 5.75 Å². The third-order valence-electron chi connectivity index (χ3n) is 2.13. The summed E-state index contributed by atoms with van der Waals surface area (Å²) in [7, 11) is 0. The van der Waals surface area contributed by atoms with Crippen molar-refractivity contribution in [1.82, 2.24) is 5.16 Å². The maximum absolute atomic E-state index is 11.8. The van der Waals surface area contributed by atoms with Gasteiger partial charge in [0.2, 0.25) is 0 Å². The number of hydrogen-bond acceptors (Lipinski definition) is 4. The van der Waals surface area contributed by atoms with Crippen molar-refractivity contribution in [3.05, 3.63) is 42.3 Å². The third kappa shape index (κ3) is 2.63. The highest BCUT2D eigenvalue weighted by Gasteiger charge is 2.10. The lowest BCUT2D eigenvalue weighted by atomic mass is 10.2. The van der Waals surface area contributed by atoms with E-state index in [2.05, 4.69) is 15.0 Å². The van der Waals surface area contributed by atoms with Gasteiger partial charge in [-0.2, -0.15) is 0 Å². The Balaban J connectivity index is 2.15. The summed E-state index contributed by atoms with van der Waals surface area (Å²) in [6, 6.07) is 7.24. The second-order valence-electron chi connectivity index (χ2n) is 3.30. The summed E-state index contributed by atoms with van der Waals surface area (Å²) in [5.74, 6) is 0.359. The van der Waals surface area contributed by atoms with Gasteiger partial charge < -0.3 is 14.6 Å². The molecule has 2 aromatic rings. The molecule has 0 aliphatic heterocycles. The number of para-hydroxylation sites is 2. The highest BCUT2D eigenvalue weighted by molar-refractivity contribution is 6.04. The van der Waals surface area contributed by atoms with Gasteiger partial charge in [0.25, 0.3) is 5.91 Å². The Morgan fingerprint density at radius 1 is 1.47 bits per heavy atom. The maximum atomic E-state index is 11.8. The van der Waals surface area contributed by atoms with Crippen LogP contribution < -0.4 is 10.1 Å². The minimum atomic E-state index is -0.279. The second kappa shape index (κ2) is 5.16. The fourth-order valence-corrected chi connectivity index (χ4v) is 1.36. The zero-order valence-corrected chi connectivity index (χ0v) is 9.34. The van der Waals surface area contributed by atoms with Gasteiger partial charge in [-0.1, -0.05) is 17.3 Å². The van der Waals surface area contributed by atoms with E-state index in [9.17, 15) is 4.79 Å². The minimum absolute atomic E-state index is 0.279. The summed E-state index contributed by atoms with van der Waals surface area (Å²) in [5.41, 5.74) is 0.997. The molecular formula is C12H12N2O3. The van der Waals surface area contributed by atoms with Crippen molar-refractivity contribution >= 4 is 11.6 Å². The van der Waals surface area contributed by atoms with Crippen LogP contribution in [0.15, 0.2) is 41.2 Å². The first kappa shape index (κ1) is 11.2. The summed E-state index contributed by atoms with van der Waals surface area (Å²) >= 11 is 0. The molecule has 0 radical (unpaired) electrons. The van der Waals surface area contributed by atoms with Gasteiger partial charge in [-0.05, 0) is 19.1 Å². The highest BCUT2D eigenvalue weighted by atomic mass is 16.5. The standard InChI is InChI=1S/C12H12N2O3/c1-2-16-11-6-4-3-5-10(11)14-12(15)9-7-13-17-8-9/h3-8H,2H2,1H3,(H,14,15). The van der Waals surface area contributed by atoms with Gasteiger partial charge >= 0.3 is 0 Å². The van der Waals surface area contributed by atoms with Crippen molar-refractivity contribution in [3.63, 3.8) is 0 Å². The monoisotopic (exact) mass is 232 g/mol. The third-order valence-corrected chi connectivity index (χ3v) is 2.13. The first-order valence-electron chi connectivity index (χ1n) is 5.24. The molecule has 0 fully saturated rings. The van der Waals surface area contributed by atoms with Crippen LogP contribution in [-0.2, 0) is 0 Å². The SMILES string of the molecule is CCOc1ccccc1NC(=O)c1cnoc1. The molecule has 1 N–H and O–H groups in total. The molecule has 0 aliphatic rings. The number of rotatable bonds is 4. The maximum Gasteiger partial charge on any atom is 0.260 e. The number of hydrogen-bond donors (Lipinski definition) is 1. The average molecular weight is 232 g/mol. The first-order valence-corrected chi connectivity index (χ1v) is 5.24. The summed E-state index contributed by atoms with van der Waals surface area (Å²) < 4.78 is 10.0. The van der Waals surface area contributed by atoms with Crippen LogP contribution in [0, 0.1) is 0 Å². The Morgan fingerprint density at radius 2 is 2.29 bits per heavy atom. The summed E-state index contributed by atoms with van der Waals surface area (Å²) in [5, 5.41) is 6.21. The molecule has 5 heteroatoms. The number of carbonyl (C=O) groups excluding carboxylic acids is 1. The molecule has 17 heavy (non-hydrogen) atoms. The fourth-order valence-electron chi connectivity index (χ4n) is 1.36. The lowest BCUT2D eigenvalue weighted by Crippen LogP contribution is -2.12. The van der Waals surface area contributed by atoms with Crippen molar-refractivity contribution in [2.75, 3.05) is 11.9 Å². The largest absolute Gasteiger partial charge is 0.492 e. The van der Waals surface area contributed by atoms with E-state index in [0.29, 0.717) is 23.6 Å². The van der Waals surface area contributed by atoms with Gasteiger partial charge in [0.05, 0.1) is 24.1 Å². The molecule has 1 heterocycles. The van der Waals surface area contributed by atoms with E-state index in [4.69, 9.17) is 4.74 Å². The molecule has 5 nitrogen and oxygen atoms in total. The van der Waals surface area contributed by atoms with E-state index in [1.807, 2.05) is 19.1 Å². The zero-order valence-electron chi connectivity index (χ0n) is 9.34. The van der Waals surface area contributed by atoms with Crippen LogP contribution in [0.1, 0.15) is 17.3 Å².